The third-order valence-electron chi connectivity index (χ3n) is 5.66. The Morgan fingerprint density at radius 3 is 2.65 bits per heavy atom. The maximum absolute atomic E-state index is 13.5. The van der Waals surface area contributed by atoms with Crippen molar-refractivity contribution in [1.82, 2.24) is 9.55 Å². The van der Waals surface area contributed by atoms with E-state index in [0.717, 1.165) is 5.52 Å². The van der Waals surface area contributed by atoms with E-state index in [1.807, 2.05) is 24.3 Å². The molecular formula is C24H17ClFN5O3. The Bertz CT molecular complexity index is 1500. The van der Waals surface area contributed by atoms with E-state index in [4.69, 9.17) is 11.6 Å². The number of anilines is 2. The van der Waals surface area contributed by atoms with Crippen LogP contribution in [0.3, 0.4) is 0 Å². The number of carbonyl (C=O) groups excluding carboxylic acids is 1. The monoisotopic (exact) mass is 477 g/mol. The van der Waals surface area contributed by atoms with Crippen LogP contribution in [-0.2, 0) is 4.79 Å². The number of aromatic nitrogens is 2. The standard InChI is InChI=1S/C24H17ClFN5O3/c1-13-21(23(32)28-15-8-6-14(26)7-9-15)22(17-12-16(31(33)34)10-11-18(17)25)30-20-5-3-2-4-19(20)29-24(30)27-13/h2-12,22H,1H3,(H,27,29)(H,28,32)/t22-/m1/s1. The van der Waals surface area contributed by atoms with Crippen molar-refractivity contribution in [3.05, 3.63) is 105 Å². The number of non-ortho nitro benzene ring substituents is 1. The fourth-order valence-electron chi connectivity index (χ4n) is 4.14. The summed E-state index contributed by atoms with van der Waals surface area (Å²) in [5.41, 5.74) is 2.83. The number of nitrogens with one attached hydrogen (secondary N) is 2. The fraction of sp³-hybridized carbons (Fsp3) is 0.0833. The molecule has 1 aliphatic rings. The van der Waals surface area contributed by atoms with Gasteiger partial charge < -0.3 is 10.6 Å². The molecule has 2 N–H and O–H groups in total. The molecule has 0 spiro atoms. The average Bonchev–Trinajstić information content (AvgIpc) is 3.17. The Balaban J connectivity index is 1.71. The summed E-state index contributed by atoms with van der Waals surface area (Å²) in [5.74, 6) is -0.416. The third kappa shape index (κ3) is 3.65. The summed E-state index contributed by atoms with van der Waals surface area (Å²) in [6.07, 6.45) is 0. The van der Waals surface area contributed by atoms with Gasteiger partial charge in [-0.2, -0.15) is 0 Å². The first kappa shape index (κ1) is 21.6. The second kappa shape index (κ2) is 8.27. The molecule has 1 aromatic heterocycles. The number of fused-ring (bicyclic) bond motifs is 3. The van der Waals surface area contributed by atoms with Crippen molar-refractivity contribution in [2.45, 2.75) is 13.0 Å². The highest BCUT2D eigenvalue weighted by Gasteiger charge is 2.36. The average molecular weight is 478 g/mol. The fourth-order valence-corrected chi connectivity index (χ4v) is 4.36. The molecule has 10 heteroatoms. The Morgan fingerprint density at radius 1 is 1.18 bits per heavy atom. The zero-order valence-corrected chi connectivity index (χ0v) is 18.5. The van der Waals surface area contributed by atoms with Crippen molar-refractivity contribution in [1.29, 1.82) is 0 Å². The largest absolute Gasteiger partial charge is 0.329 e. The molecule has 0 unspecified atom stereocenters. The number of amides is 1. The van der Waals surface area contributed by atoms with Gasteiger partial charge in [-0.3, -0.25) is 19.5 Å². The Kier molecular flexibility index (Phi) is 5.25. The zero-order chi connectivity index (χ0) is 24.0. The van der Waals surface area contributed by atoms with Crippen LogP contribution in [0.4, 0.5) is 21.7 Å². The van der Waals surface area contributed by atoms with Gasteiger partial charge in [0.1, 0.15) is 5.82 Å². The smallest absolute Gasteiger partial charge is 0.269 e. The number of halogens is 2. The van der Waals surface area contributed by atoms with E-state index in [1.165, 1.54) is 42.5 Å². The Morgan fingerprint density at radius 2 is 1.91 bits per heavy atom. The number of nitrogens with zero attached hydrogens (tertiary/aromatic N) is 3. The highest BCUT2D eigenvalue weighted by molar-refractivity contribution is 6.31. The van der Waals surface area contributed by atoms with Gasteiger partial charge in [0.05, 0.1) is 27.6 Å². The Hall–Kier alpha value is -4.24. The van der Waals surface area contributed by atoms with Crippen molar-refractivity contribution in [3.63, 3.8) is 0 Å². The molecule has 0 saturated heterocycles. The van der Waals surface area contributed by atoms with Gasteiger partial charge in [-0.25, -0.2) is 9.37 Å². The molecule has 170 valence electrons. The summed E-state index contributed by atoms with van der Waals surface area (Å²) in [6.45, 7) is 1.72. The van der Waals surface area contributed by atoms with Crippen LogP contribution in [0.5, 0.6) is 0 Å². The predicted molar refractivity (Wildman–Crippen MR) is 127 cm³/mol. The minimum atomic E-state index is -0.809. The lowest BCUT2D eigenvalue weighted by molar-refractivity contribution is -0.384. The Labute approximate surface area is 197 Å². The van der Waals surface area contributed by atoms with Crippen molar-refractivity contribution in [2.75, 3.05) is 10.6 Å². The minimum Gasteiger partial charge on any atom is -0.329 e. The second-order valence-corrected chi connectivity index (χ2v) is 8.19. The number of imidazole rings is 1. The van der Waals surface area contributed by atoms with Crippen LogP contribution in [0.1, 0.15) is 18.5 Å². The summed E-state index contributed by atoms with van der Waals surface area (Å²) in [4.78, 5) is 29.2. The molecule has 0 aliphatic carbocycles. The van der Waals surface area contributed by atoms with Crippen molar-refractivity contribution in [2.24, 2.45) is 0 Å². The number of para-hydroxylation sites is 2. The number of hydrogen-bond donors (Lipinski definition) is 2. The van der Waals surface area contributed by atoms with Crippen LogP contribution in [0, 0.1) is 15.9 Å². The first-order valence-corrected chi connectivity index (χ1v) is 10.7. The van der Waals surface area contributed by atoms with Crippen LogP contribution in [-0.4, -0.2) is 20.4 Å². The first-order chi connectivity index (χ1) is 16.3. The maximum atomic E-state index is 13.5. The molecule has 5 rings (SSSR count). The summed E-state index contributed by atoms with van der Waals surface area (Å²) < 4.78 is 15.1. The van der Waals surface area contributed by atoms with E-state index in [-0.39, 0.29) is 10.7 Å². The topological polar surface area (TPSA) is 102 Å². The number of carbonyl (C=O) groups is 1. The molecule has 0 saturated carbocycles. The van der Waals surface area contributed by atoms with Crippen molar-refractivity contribution < 1.29 is 14.1 Å². The minimum absolute atomic E-state index is 0.153. The molecule has 0 bridgehead atoms. The van der Waals surface area contributed by atoms with Gasteiger partial charge in [-0.05, 0) is 49.4 Å². The molecule has 1 atom stereocenters. The molecule has 34 heavy (non-hydrogen) atoms. The van der Waals surface area contributed by atoms with Crippen LogP contribution >= 0.6 is 11.6 Å². The molecule has 0 radical (unpaired) electrons. The van der Waals surface area contributed by atoms with Gasteiger partial charge in [0.25, 0.3) is 11.6 Å². The number of allylic oxidation sites excluding steroid dienone is 1. The highest BCUT2D eigenvalue weighted by Crippen LogP contribution is 2.42. The molecule has 1 aliphatic heterocycles. The lowest BCUT2D eigenvalue weighted by Gasteiger charge is -2.31. The maximum Gasteiger partial charge on any atom is 0.269 e. The molecule has 0 fully saturated rings. The van der Waals surface area contributed by atoms with E-state index < -0.39 is 22.7 Å². The van der Waals surface area contributed by atoms with Gasteiger partial charge in [-0.1, -0.05) is 23.7 Å². The van der Waals surface area contributed by atoms with Gasteiger partial charge in [0, 0.05) is 34.1 Å². The van der Waals surface area contributed by atoms with Crippen LogP contribution < -0.4 is 10.6 Å². The van der Waals surface area contributed by atoms with Crippen molar-refractivity contribution >= 4 is 45.9 Å². The summed E-state index contributed by atoms with van der Waals surface area (Å²) in [7, 11) is 0. The van der Waals surface area contributed by atoms with Gasteiger partial charge >= 0.3 is 0 Å². The number of hydrogen-bond acceptors (Lipinski definition) is 5. The van der Waals surface area contributed by atoms with E-state index in [9.17, 15) is 19.3 Å². The van der Waals surface area contributed by atoms with Crippen LogP contribution in [0.2, 0.25) is 5.02 Å². The molecule has 8 nitrogen and oxygen atoms in total. The SMILES string of the molecule is CC1=C(C(=O)Nc2ccc(F)cc2)[C@@H](c2cc([N+](=O)[O-])ccc2Cl)n2c(nc3ccccc32)N1. The number of nitro benzene ring substituents is 1. The van der Waals surface area contributed by atoms with Crippen molar-refractivity contribution in [3.8, 4) is 0 Å². The first-order valence-electron chi connectivity index (χ1n) is 10.3. The van der Waals surface area contributed by atoms with Gasteiger partial charge in [0.2, 0.25) is 5.95 Å². The summed E-state index contributed by atoms with van der Waals surface area (Å²) in [5, 5.41) is 17.7. The molecule has 4 aromatic rings. The lowest BCUT2D eigenvalue weighted by Crippen LogP contribution is -2.31. The highest BCUT2D eigenvalue weighted by atomic mass is 35.5. The van der Waals surface area contributed by atoms with E-state index >= 15 is 0 Å². The molecule has 2 heterocycles. The van der Waals surface area contributed by atoms with Gasteiger partial charge in [-0.15, -0.1) is 0 Å². The molecular weight excluding hydrogens is 461 g/mol. The lowest BCUT2D eigenvalue weighted by atomic mass is 9.93. The number of rotatable bonds is 4. The normalized spacial score (nSPS) is 15.1. The van der Waals surface area contributed by atoms with E-state index in [1.54, 1.807) is 11.5 Å². The molecule has 1 amide bonds. The van der Waals surface area contributed by atoms with E-state index in [2.05, 4.69) is 15.6 Å². The predicted octanol–water partition coefficient (Wildman–Crippen LogP) is 5.66. The summed E-state index contributed by atoms with van der Waals surface area (Å²) >= 11 is 6.54. The third-order valence-corrected chi connectivity index (χ3v) is 6.01. The van der Waals surface area contributed by atoms with E-state index in [0.29, 0.717) is 34.0 Å². The summed E-state index contributed by atoms with van der Waals surface area (Å²) in [6, 6.07) is 16.1. The molecule has 3 aromatic carbocycles. The zero-order valence-electron chi connectivity index (χ0n) is 17.8. The number of nitro groups is 1. The van der Waals surface area contributed by atoms with Crippen LogP contribution in [0.15, 0.2) is 78.0 Å². The quantitative estimate of drug-likeness (QED) is 0.291. The van der Waals surface area contributed by atoms with Gasteiger partial charge in [0.15, 0.2) is 0 Å². The van der Waals surface area contributed by atoms with Crippen LogP contribution in [0.25, 0.3) is 11.0 Å². The second-order valence-electron chi connectivity index (χ2n) is 7.78. The number of benzene rings is 3.